The van der Waals surface area contributed by atoms with E-state index in [9.17, 15) is 8.42 Å². The summed E-state index contributed by atoms with van der Waals surface area (Å²) in [5.74, 6) is 0.0702. The van der Waals surface area contributed by atoms with E-state index in [0.717, 1.165) is 36.8 Å². The van der Waals surface area contributed by atoms with Crippen LogP contribution in [0.3, 0.4) is 0 Å². The van der Waals surface area contributed by atoms with Gasteiger partial charge in [-0.15, -0.1) is 0 Å². The number of rotatable bonds is 4. The molecule has 0 radical (unpaired) electrons. The Kier molecular flexibility index (Phi) is 4.07. The Bertz CT molecular complexity index is 487. The van der Waals surface area contributed by atoms with Crippen molar-refractivity contribution in [1.29, 1.82) is 0 Å². The van der Waals surface area contributed by atoms with E-state index in [0.29, 0.717) is 0 Å². The highest BCUT2D eigenvalue weighted by Gasteiger charge is 2.30. The van der Waals surface area contributed by atoms with E-state index in [4.69, 9.17) is 5.73 Å². The zero-order valence-electron chi connectivity index (χ0n) is 10.8. The van der Waals surface area contributed by atoms with Crippen LogP contribution in [-0.4, -0.2) is 19.4 Å². The minimum atomic E-state index is -3.04. The summed E-state index contributed by atoms with van der Waals surface area (Å²) < 4.78 is 24.4. The smallest absolute Gasteiger partial charge is 0.155 e. The molecule has 1 fully saturated rings. The van der Waals surface area contributed by atoms with Crippen LogP contribution in [0.2, 0.25) is 0 Å². The molecule has 1 aromatic carbocycles. The summed E-state index contributed by atoms with van der Waals surface area (Å²) in [6, 6.07) is 7.37. The third-order valence-electron chi connectivity index (χ3n) is 3.73. The molecule has 100 valence electrons. The number of benzene rings is 1. The summed E-state index contributed by atoms with van der Waals surface area (Å²) >= 11 is 0. The first-order valence-electron chi connectivity index (χ1n) is 6.53. The van der Waals surface area contributed by atoms with Crippen LogP contribution in [0, 0.1) is 6.92 Å². The molecule has 4 heteroatoms. The van der Waals surface area contributed by atoms with Crippen LogP contribution in [0.15, 0.2) is 24.3 Å². The highest BCUT2D eigenvalue weighted by molar-refractivity contribution is 7.92. The average Bonchev–Trinajstić information content (AvgIpc) is 2.83. The summed E-state index contributed by atoms with van der Waals surface area (Å²) in [4.78, 5) is 0. The Labute approximate surface area is 109 Å². The zero-order valence-corrected chi connectivity index (χ0v) is 11.6. The van der Waals surface area contributed by atoms with Gasteiger partial charge in [0.25, 0.3) is 0 Å². The largest absolute Gasteiger partial charge is 0.323 e. The maximum Gasteiger partial charge on any atom is 0.155 e. The second kappa shape index (κ2) is 5.41. The third kappa shape index (κ3) is 3.12. The molecule has 1 saturated carbocycles. The third-order valence-corrected chi connectivity index (χ3v) is 6.04. The van der Waals surface area contributed by atoms with Crippen molar-refractivity contribution >= 4 is 9.84 Å². The van der Waals surface area contributed by atoms with E-state index in [2.05, 4.69) is 0 Å². The van der Waals surface area contributed by atoms with Crippen LogP contribution in [0.1, 0.15) is 42.9 Å². The van der Waals surface area contributed by atoms with Crippen molar-refractivity contribution < 1.29 is 8.42 Å². The fourth-order valence-corrected chi connectivity index (χ4v) is 4.56. The van der Waals surface area contributed by atoms with Gasteiger partial charge in [-0.1, -0.05) is 42.7 Å². The molecule has 1 aromatic rings. The minimum Gasteiger partial charge on any atom is -0.323 e. The Morgan fingerprint density at radius 2 is 1.78 bits per heavy atom. The van der Waals surface area contributed by atoms with Crippen LogP contribution in [0.4, 0.5) is 0 Å². The molecule has 0 aromatic heterocycles. The van der Waals surface area contributed by atoms with Gasteiger partial charge in [-0.2, -0.15) is 0 Å². The van der Waals surface area contributed by atoms with Gasteiger partial charge in [0.05, 0.1) is 11.0 Å². The van der Waals surface area contributed by atoms with Gasteiger partial charge in [-0.05, 0) is 25.3 Å². The van der Waals surface area contributed by atoms with Crippen molar-refractivity contribution in [3.05, 3.63) is 35.4 Å². The lowest BCUT2D eigenvalue weighted by atomic mass is 10.1. The van der Waals surface area contributed by atoms with Gasteiger partial charge in [0, 0.05) is 6.04 Å². The van der Waals surface area contributed by atoms with E-state index in [1.807, 2.05) is 31.2 Å². The van der Waals surface area contributed by atoms with Crippen LogP contribution >= 0.6 is 0 Å². The van der Waals surface area contributed by atoms with Gasteiger partial charge in [-0.3, -0.25) is 0 Å². The number of aryl methyl sites for hydroxylation is 1. The Morgan fingerprint density at radius 3 is 2.33 bits per heavy atom. The van der Waals surface area contributed by atoms with Crippen molar-refractivity contribution in [2.24, 2.45) is 5.73 Å². The lowest BCUT2D eigenvalue weighted by Gasteiger charge is -2.16. The van der Waals surface area contributed by atoms with E-state index in [1.165, 1.54) is 0 Å². The average molecular weight is 267 g/mol. The maximum absolute atomic E-state index is 12.2. The molecule has 18 heavy (non-hydrogen) atoms. The molecule has 2 rings (SSSR count). The number of hydrogen-bond acceptors (Lipinski definition) is 3. The lowest BCUT2D eigenvalue weighted by molar-refractivity contribution is 0.572. The topological polar surface area (TPSA) is 60.2 Å². The van der Waals surface area contributed by atoms with Crippen LogP contribution in [0.25, 0.3) is 0 Å². The second-order valence-corrected chi connectivity index (χ2v) is 7.58. The molecule has 1 atom stereocenters. The number of nitrogens with two attached hydrogens (primary N) is 1. The Morgan fingerprint density at radius 1 is 1.22 bits per heavy atom. The van der Waals surface area contributed by atoms with E-state index in [1.54, 1.807) is 0 Å². The molecule has 0 bridgehead atoms. The van der Waals surface area contributed by atoms with Gasteiger partial charge in [0.2, 0.25) is 0 Å². The molecule has 1 aliphatic rings. The quantitative estimate of drug-likeness (QED) is 0.911. The van der Waals surface area contributed by atoms with Gasteiger partial charge < -0.3 is 5.73 Å². The fourth-order valence-electron chi connectivity index (χ4n) is 2.54. The summed E-state index contributed by atoms with van der Waals surface area (Å²) in [5.41, 5.74) is 8.08. The summed E-state index contributed by atoms with van der Waals surface area (Å²) in [7, 11) is -3.04. The molecule has 0 heterocycles. The fraction of sp³-hybridized carbons (Fsp3) is 0.571. The first-order valence-corrected chi connectivity index (χ1v) is 8.24. The molecule has 1 aliphatic carbocycles. The molecule has 0 saturated heterocycles. The van der Waals surface area contributed by atoms with Gasteiger partial charge >= 0.3 is 0 Å². The van der Waals surface area contributed by atoms with E-state index in [-0.39, 0.29) is 11.0 Å². The molecule has 0 aliphatic heterocycles. The standard InChI is InChI=1S/C14H21NO2S/c1-11-6-8-12(9-7-11)14(15)10-18(16,17)13-4-2-3-5-13/h6-9,13-14H,2-5,10,15H2,1H3. The number of sulfone groups is 1. The number of hydrogen-bond donors (Lipinski definition) is 1. The Hall–Kier alpha value is -0.870. The van der Waals surface area contributed by atoms with Crippen molar-refractivity contribution in [3.63, 3.8) is 0 Å². The van der Waals surface area contributed by atoms with Gasteiger partial charge in [0.15, 0.2) is 9.84 Å². The first kappa shape index (κ1) is 13.6. The molecular formula is C14H21NO2S. The summed E-state index contributed by atoms with van der Waals surface area (Å²) in [6.45, 7) is 2.00. The van der Waals surface area contributed by atoms with Gasteiger partial charge in [0.1, 0.15) is 0 Å². The predicted molar refractivity (Wildman–Crippen MR) is 74.2 cm³/mol. The van der Waals surface area contributed by atoms with Crippen molar-refractivity contribution in [1.82, 2.24) is 0 Å². The predicted octanol–water partition coefficient (Wildman–Crippen LogP) is 2.35. The van der Waals surface area contributed by atoms with Crippen molar-refractivity contribution in [3.8, 4) is 0 Å². The highest BCUT2D eigenvalue weighted by atomic mass is 32.2. The van der Waals surface area contributed by atoms with E-state index >= 15 is 0 Å². The van der Waals surface area contributed by atoms with Gasteiger partial charge in [-0.25, -0.2) is 8.42 Å². The molecule has 2 N–H and O–H groups in total. The lowest BCUT2D eigenvalue weighted by Crippen LogP contribution is -2.28. The van der Waals surface area contributed by atoms with Crippen LogP contribution in [0.5, 0.6) is 0 Å². The first-order chi connectivity index (χ1) is 8.49. The van der Waals surface area contributed by atoms with Crippen molar-refractivity contribution in [2.75, 3.05) is 5.75 Å². The summed E-state index contributed by atoms with van der Waals surface area (Å²) in [5, 5.41) is -0.158. The molecule has 1 unspecified atom stereocenters. The molecular weight excluding hydrogens is 246 g/mol. The van der Waals surface area contributed by atoms with E-state index < -0.39 is 15.9 Å². The van der Waals surface area contributed by atoms with Crippen LogP contribution in [-0.2, 0) is 9.84 Å². The monoisotopic (exact) mass is 267 g/mol. The molecule has 0 spiro atoms. The zero-order chi connectivity index (χ0) is 13.2. The normalized spacial score (nSPS) is 19.0. The SMILES string of the molecule is Cc1ccc(C(N)CS(=O)(=O)C2CCCC2)cc1. The summed E-state index contributed by atoms with van der Waals surface area (Å²) in [6.07, 6.45) is 3.68. The van der Waals surface area contributed by atoms with Crippen molar-refractivity contribution in [2.45, 2.75) is 43.9 Å². The molecule has 3 nitrogen and oxygen atoms in total. The highest BCUT2D eigenvalue weighted by Crippen LogP contribution is 2.27. The molecule has 0 amide bonds. The maximum atomic E-state index is 12.2. The van der Waals surface area contributed by atoms with Crippen LogP contribution < -0.4 is 5.73 Å². The second-order valence-electron chi connectivity index (χ2n) is 5.25. The Balaban J connectivity index is 2.06. The minimum absolute atomic E-state index is 0.0702.